The third kappa shape index (κ3) is 4.26. The van der Waals surface area contributed by atoms with Crippen LogP contribution in [0.25, 0.3) is 16.6 Å². The number of H-pyrrole nitrogens is 1. The van der Waals surface area contributed by atoms with Gasteiger partial charge in [0.05, 0.1) is 11.1 Å². The minimum atomic E-state index is -1.10. The summed E-state index contributed by atoms with van der Waals surface area (Å²) in [5.74, 6) is -2.19. The molecule has 1 aromatic heterocycles. The number of nitrogens with one attached hydrogen (secondary N) is 4. The maximum atomic E-state index is 14.1. The molecule has 1 fully saturated rings. The average Bonchev–Trinajstić information content (AvgIpc) is 2.83. The molecule has 10 heteroatoms. The first-order valence-corrected chi connectivity index (χ1v) is 9.93. The van der Waals surface area contributed by atoms with Crippen molar-refractivity contribution in [3.05, 3.63) is 81.8 Å². The van der Waals surface area contributed by atoms with Crippen molar-refractivity contribution in [1.82, 2.24) is 15.2 Å². The summed E-state index contributed by atoms with van der Waals surface area (Å²) in [4.78, 5) is 29.2. The van der Waals surface area contributed by atoms with E-state index in [0.29, 0.717) is 24.3 Å². The average molecular weight is 438 g/mol. The lowest BCUT2D eigenvalue weighted by atomic mass is 10.1. The van der Waals surface area contributed by atoms with E-state index < -0.39 is 17.2 Å². The number of carbonyl (C=O) groups is 1. The summed E-state index contributed by atoms with van der Waals surface area (Å²) < 4.78 is 27.7. The van der Waals surface area contributed by atoms with Crippen molar-refractivity contribution in [2.24, 2.45) is 5.11 Å². The Morgan fingerprint density at radius 2 is 1.84 bits per heavy atom. The van der Waals surface area contributed by atoms with Crippen LogP contribution >= 0.6 is 0 Å². The van der Waals surface area contributed by atoms with E-state index in [4.69, 9.17) is 5.53 Å². The smallest absolute Gasteiger partial charge is 0.258 e. The van der Waals surface area contributed by atoms with Gasteiger partial charge >= 0.3 is 0 Å². The zero-order valence-electron chi connectivity index (χ0n) is 16.9. The van der Waals surface area contributed by atoms with E-state index in [-0.39, 0.29) is 28.1 Å². The van der Waals surface area contributed by atoms with Gasteiger partial charge in [0.1, 0.15) is 5.70 Å². The highest BCUT2D eigenvalue weighted by Gasteiger charge is 2.18. The second-order valence-corrected chi connectivity index (χ2v) is 7.24. The normalized spacial score (nSPS) is 14.4. The van der Waals surface area contributed by atoms with Crippen LogP contribution in [0, 0.1) is 17.2 Å². The fourth-order valence-electron chi connectivity index (χ4n) is 3.49. The fourth-order valence-corrected chi connectivity index (χ4v) is 3.49. The predicted molar refractivity (Wildman–Crippen MR) is 116 cm³/mol. The summed E-state index contributed by atoms with van der Waals surface area (Å²) in [6, 6.07) is 10.1. The Labute approximate surface area is 181 Å². The number of hydrogen-bond donors (Lipinski definition) is 4. The molecule has 8 nitrogen and oxygen atoms in total. The van der Waals surface area contributed by atoms with Crippen LogP contribution in [0.2, 0.25) is 0 Å². The van der Waals surface area contributed by atoms with E-state index in [1.54, 1.807) is 29.2 Å². The monoisotopic (exact) mass is 438 g/mol. The number of amides is 1. The SMILES string of the molecule is N=N/C(=C\Nc1ccc(C(=O)N2CCNCC2)cc1)c1cc2c(F)c(F)ccc2[nH]c1=O. The minimum Gasteiger partial charge on any atom is -0.360 e. The van der Waals surface area contributed by atoms with Crippen LogP contribution < -0.4 is 16.2 Å². The first kappa shape index (κ1) is 21.3. The molecule has 0 saturated carbocycles. The molecule has 1 amide bonds. The molecule has 2 heterocycles. The number of pyridine rings is 1. The standard InChI is InChI=1S/C22H20F2N6O2/c23-17-5-6-18-15(20(17)24)11-16(21(31)28-18)19(29-25)12-27-14-3-1-13(2-4-14)22(32)30-9-7-26-8-10-30/h1-6,11-12,25-27H,7-10H2,(H,28,31)/b19-12-,29-25?. The molecule has 0 aliphatic carbocycles. The molecular weight excluding hydrogens is 418 g/mol. The van der Waals surface area contributed by atoms with E-state index in [1.165, 1.54) is 12.3 Å². The van der Waals surface area contributed by atoms with Gasteiger partial charge in [-0.15, -0.1) is 0 Å². The molecule has 0 radical (unpaired) electrons. The maximum Gasteiger partial charge on any atom is 0.258 e. The maximum absolute atomic E-state index is 14.1. The van der Waals surface area contributed by atoms with Crippen LogP contribution in [0.4, 0.5) is 14.5 Å². The number of hydrogen-bond acceptors (Lipinski definition) is 6. The summed E-state index contributed by atoms with van der Waals surface area (Å²) in [6.45, 7) is 2.83. The van der Waals surface area contributed by atoms with Gasteiger partial charge in [-0.05, 0) is 42.5 Å². The summed E-state index contributed by atoms with van der Waals surface area (Å²) >= 11 is 0. The van der Waals surface area contributed by atoms with Crippen molar-refractivity contribution in [3.63, 3.8) is 0 Å². The highest BCUT2D eigenvalue weighted by atomic mass is 19.2. The summed E-state index contributed by atoms with van der Waals surface area (Å²) in [5.41, 5.74) is 7.94. The molecule has 1 aliphatic heterocycles. The molecule has 3 aromatic rings. The molecule has 1 aliphatic rings. The van der Waals surface area contributed by atoms with Crippen LogP contribution in [0.15, 0.2) is 58.6 Å². The van der Waals surface area contributed by atoms with Crippen molar-refractivity contribution in [3.8, 4) is 0 Å². The van der Waals surface area contributed by atoms with E-state index in [2.05, 4.69) is 20.7 Å². The Kier molecular flexibility index (Phi) is 6.04. The number of piperazine rings is 1. The Hall–Kier alpha value is -3.92. The second kappa shape index (κ2) is 9.06. The molecule has 32 heavy (non-hydrogen) atoms. The number of nitrogens with zero attached hydrogens (tertiary/aromatic N) is 2. The molecule has 164 valence electrons. The van der Waals surface area contributed by atoms with Gasteiger partial charge < -0.3 is 20.5 Å². The predicted octanol–water partition coefficient (Wildman–Crippen LogP) is 3.29. The van der Waals surface area contributed by atoms with Crippen LogP contribution in [0.3, 0.4) is 0 Å². The van der Waals surface area contributed by atoms with Crippen LogP contribution in [0.1, 0.15) is 15.9 Å². The summed E-state index contributed by atoms with van der Waals surface area (Å²) in [7, 11) is 0. The summed E-state index contributed by atoms with van der Waals surface area (Å²) in [6.07, 6.45) is 1.31. The van der Waals surface area contributed by atoms with Gasteiger partial charge in [0.2, 0.25) is 0 Å². The first-order valence-electron chi connectivity index (χ1n) is 9.93. The Morgan fingerprint density at radius 3 is 2.53 bits per heavy atom. The van der Waals surface area contributed by atoms with Crippen molar-refractivity contribution >= 4 is 28.2 Å². The first-order chi connectivity index (χ1) is 15.5. The lowest BCUT2D eigenvalue weighted by molar-refractivity contribution is 0.0736. The largest absolute Gasteiger partial charge is 0.360 e. The van der Waals surface area contributed by atoms with E-state index in [1.807, 2.05) is 0 Å². The molecular formula is C22H20F2N6O2. The zero-order chi connectivity index (χ0) is 22.7. The third-order valence-corrected chi connectivity index (χ3v) is 5.22. The second-order valence-electron chi connectivity index (χ2n) is 7.24. The van der Waals surface area contributed by atoms with Crippen molar-refractivity contribution in [2.75, 3.05) is 31.5 Å². The highest BCUT2D eigenvalue weighted by molar-refractivity contribution is 5.94. The topological polar surface area (TPSA) is 113 Å². The molecule has 0 unspecified atom stereocenters. The van der Waals surface area contributed by atoms with Gasteiger partial charge in [-0.2, -0.15) is 5.11 Å². The number of fused-ring (bicyclic) bond motifs is 1. The van der Waals surface area contributed by atoms with Crippen molar-refractivity contribution in [1.29, 1.82) is 5.53 Å². The number of anilines is 1. The summed E-state index contributed by atoms with van der Waals surface area (Å²) in [5, 5.41) is 9.33. The zero-order valence-corrected chi connectivity index (χ0v) is 16.9. The molecule has 4 rings (SSSR count). The van der Waals surface area contributed by atoms with Crippen LogP contribution in [-0.2, 0) is 0 Å². The quantitative estimate of drug-likeness (QED) is 0.458. The van der Waals surface area contributed by atoms with Crippen molar-refractivity contribution < 1.29 is 13.6 Å². The fraction of sp³-hybridized carbons (Fsp3) is 0.182. The molecule has 4 N–H and O–H groups in total. The third-order valence-electron chi connectivity index (χ3n) is 5.22. The number of aromatic amines is 1. The van der Waals surface area contributed by atoms with Gasteiger partial charge in [0.25, 0.3) is 11.5 Å². The molecule has 0 atom stereocenters. The lowest BCUT2D eigenvalue weighted by Crippen LogP contribution is -2.46. The lowest BCUT2D eigenvalue weighted by Gasteiger charge is -2.27. The van der Waals surface area contributed by atoms with Gasteiger partial charge in [-0.1, -0.05) is 0 Å². The van der Waals surface area contributed by atoms with Gasteiger partial charge in [0, 0.05) is 49.0 Å². The number of benzene rings is 2. The molecule has 0 spiro atoms. The van der Waals surface area contributed by atoms with Gasteiger partial charge in [-0.25, -0.2) is 14.3 Å². The number of halogens is 2. The number of aromatic nitrogens is 1. The van der Waals surface area contributed by atoms with E-state index in [9.17, 15) is 18.4 Å². The highest BCUT2D eigenvalue weighted by Crippen LogP contribution is 2.22. The molecule has 1 saturated heterocycles. The Morgan fingerprint density at radius 1 is 1.12 bits per heavy atom. The van der Waals surface area contributed by atoms with Crippen molar-refractivity contribution in [2.45, 2.75) is 0 Å². The minimum absolute atomic E-state index is 0.0487. The van der Waals surface area contributed by atoms with E-state index in [0.717, 1.165) is 25.2 Å². The van der Waals surface area contributed by atoms with Crippen LogP contribution in [0.5, 0.6) is 0 Å². The number of rotatable bonds is 5. The van der Waals surface area contributed by atoms with Gasteiger partial charge in [0.15, 0.2) is 11.6 Å². The van der Waals surface area contributed by atoms with E-state index >= 15 is 0 Å². The number of carbonyl (C=O) groups excluding carboxylic acids is 1. The van der Waals surface area contributed by atoms with Gasteiger partial charge in [-0.3, -0.25) is 9.59 Å². The Bertz CT molecular complexity index is 1260. The molecule has 2 aromatic carbocycles. The molecule has 0 bridgehead atoms. The Balaban J connectivity index is 1.56. The van der Waals surface area contributed by atoms with Crippen LogP contribution in [-0.4, -0.2) is 42.0 Å².